The van der Waals surface area contributed by atoms with Gasteiger partial charge in [-0.15, -0.1) is 0 Å². The average Bonchev–Trinajstić information content (AvgIpc) is 2.13. The van der Waals surface area contributed by atoms with Crippen LogP contribution in [0.25, 0.3) is 0 Å². The first-order valence-electron chi connectivity index (χ1n) is 5.90. The minimum absolute atomic E-state index is 0.0424. The van der Waals surface area contributed by atoms with Crippen LogP contribution in [-0.2, 0) is 4.79 Å². The zero-order valence-corrected chi connectivity index (χ0v) is 11.7. The summed E-state index contributed by atoms with van der Waals surface area (Å²) in [7, 11) is 0. The Labute approximate surface area is 103 Å². The Morgan fingerprint density at radius 3 is 2.62 bits per heavy atom. The zero-order chi connectivity index (χ0) is 12.6. The smallest absolute Gasteiger partial charge is 0.230 e. The third-order valence-corrected chi connectivity index (χ3v) is 3.36. The third kappa shape index (κ3) is 9.04. The molecular weight excluding hydrogens is 222 g/mol. The van der Waals surface area contributed by atoms with Crippen molar-refractivity contribution in [2.24, 2.45) is 5.41 Å². The summed E-state index contributed by atoms with van der Waals surface area (Å²) in [5, 5.41) is 12.2. The highest BCUT2D eigenvalue weighted by Gasteiger charge is 2.20. The molecule has 0 fully saturated rings. The number of aliphatic hydroxyl groups excluding tert-OH is 1. The molecule has 0 spiro atoms. The monoisotopic (exact) mass is 247 g/mol. The lowest BCUT2D eigenvalue weighted by Gasteiger charge is -2.26. The van der Waals surface area contributed by atoms with Crippen molar-refractivity contribution in [3.8, 4) is 0 Å². The van der Waals surface area contributed by atoms with Gasteiger partial charge in [-0.05, 0) is 30.9 Å². The van der Waals surface area contributed by atoms with Gasteiger partial charge in [0.25, 0.3) is 0 Å². The van der Waals surface area contributed by atoms with Crippen molar-refractivity contribution in [1.82, 2.24) is 5.32 Å². The summed E-state index contributed by atoms with van der Waals surface area (Å²) in [6, 6.07) is 0. The van der Waals surface area contributed by atoms with Crippen LogP contribution in [0.5, 0.6) is 0 Å². The second-order valence-corrected chi connectivity index (χ2v) is 6.15. The van der Waals surface area contributed by atoms with Crippen molar-refractivity contribution in [3.05, 3.63) is 0 Å². The van der Waals surface area contributed by atoms with E-state index in [4.69, 9.17) is 0 Å². The second-order valence-electron chi connectivity index (χ2n) is 5.05. The Kier molecular flexibility index (Phi) is 7.85. The molecular formula is C12H25NO2S. The summed E-state index contributed by atoms with van der Waals surface area (Å²) in [6.45, 7) is 8.62. The standard InChI is InChI=1S/C12H25NO2S/c1-5-6-16-8-11(15)13-9-12(3,4)7-10(2)14/h10,14H,5-9H2,1-4H3,(H,13,15). The van der Waals surface area contributed by atoms with Crippen molar-refractivity contribution in [3.63, 3.8) is 0 Å². The lowest BCUT2D eigenvalue weighted by molar-refractivity contribution is -0.119. The maximum absolute atomic E-state index is 11.5. The molecule has 1 atom stereocenters. The number of thioether (sulfide) groups is 1. The molecule has 0 bridgehead atoms. The predicted octanol–water partition coefficient (Wildman–Crippen LogP) is 2.04. The van der Waals surface area contributed by atoms with Crippen LogP contribution >= 0.6 is 11.8 Å². The summed E-state index contributed by atoms with van der Waals surface area (Å²) in [5.41, 5.74) is -0.0424. The number of hydrogen-bond donors (Lipinski definition) is 2. The van der Waals surface area contributed by atoms with Crippen molar-refractivity contribution >= 4 is 17.7 Å². The topological polar surface area (TPSA) is 49.3 Å². The van der Waals surface area contributed by atoms with Gasteiger partial charge in [-0.2, -0.15) is 11.8 Å². The predicted molar refractivity (Wildman–Crippen MR) is 70.7 cm³/mol. The molecule has 0 aliphatic carbocycles. The van der Waals surface area contributed by atoms with Gasteiger partial charge in [-0.25, -0.2) is 0 Å². The molecule has 0 aliphatic heterocycles. The molecule has 96 valence electrons. The molecule has 0 saturated carbocycles. The fourth-order valence-electron chi connectivity index (χ4n) is 1.57. The first-order chi connectivity index (χ1) is 7.37. The van der Waals surface area contributed by atoms with Crippen LogP contribution in [0, 0.1) is 5.41 Å². The first-order valence-corrected chi connectivity index (χ1v) is 7.05. The normalized spacial score (nSPS) is 13.6. The molecule has 1 unspecified atom stereocenters. The molecule has 1 amide bonds. The molecule has 0 aromatic carbocycles. The molecule has 0 aliphatic rings. The highest BCUT2D eigenvalue weighted by atomic mass is 32.2. The van der Waals surface area contributed by atoms with Gasteiger partial charge in [0.2, 0.25) is 5.91 Å². The van der Waals surface area contributed by atoms with E-state index in [0.717, 1.165) is 12.2 Å². The largest absolute Gasteiger partial charge is 0.393 e. The number of amides is 1. The van der Waals surface area contributed by atoms with Gasteiger partial charge in [0.05, 0.1) is 11.9 Å². The average molecular weight is 247 g/mol. The van der Waals surface area contributed by atoms with Crippen LogP contribution in [0.15, 0.2) is 0 Å². The molecule has 3 nitrogen and oxygen atoms in total. The van der Waals surface area contributed by atoms with Crippen molar-refractivity contribution in [2.75, 3.05) is 18.1 Å². The number of nitrogens with one attached hydrogen (secondary N) is 1. The molecule has 0 rings (SSSR count). The zero-order valence-electron chi connectivity index (χ0n) is 10.9. The van der Waals surface area contributed by atoms with Crippen molar-refractivity contribution in [1.29, 1.82) is 0 Å². The van der Waals surface area contributed by atoms with E-state index in [2.05, 4.69) is 26.1 Å². The van der Waals surface area contributed by atoms with Crippen LogP contribution in [0.2, 0.25) is 0 Å². The Morgan fingerprint density at radius 2 is 2.12 bits per heavy atom. The lowest BCUT2D eigenvalue weighted by Crippen LogP contribution is -2.36. The first kappa shape index (κ1) is 15.8. The lowest BCUT2D eigenvalue weighted by atomic mass is 9.87. The fraction of sp³-hybridized carbons (Fsp3) is 0.917. The van der Waals surface area contributed by atoms with E-state index in [1.54, 1.807) is 18.7 Å². The SMILES string of the molecule is CCCSCC(=O)NCC(C)(C)CC(C)O. The molecule has 0 aromatic heterocycles. The number of hydrogen-bond acceptors (Lipinski definition) is 3. The Balaban J connectivity index is 3.72. The minimum Gasteiger partial charge on any atom is -0.393 e. The maximum atomic E-state index is 11.5. The van der Waals surface area contributed by atoms with Crippen LogP contribution < -0.4 is 5.32 Å². The quantitative estimate of drug-likeness (QED) is 0.645. The number of carbonyl (C=O) groups excluding carboxylic acids is 1. The summed E-state index contributed by atoms with van der Waals surface area (Å²) in [5.74, 6) is 1.67. The molecule has 2 N–H and O–H groups in total. The van der Waals surface area contributed by atoms with E-state index >= 15 is 0 Å². The van der Waals surface area contributed by atoms with E-state index in [1.807, 2.05) is 0 Å². The molecule has 0 aromatic rings. The minimum atomic E-state index is -0.318. The van der Waals surface area contributed by atoms with E-state index in [1.165, 1.54) is 0 Å². The summed E-state index contributed by atoms with van der Waals surface area (Å²) in [6.07, 6.45) is 1.49. The van der Waals surface area contributed by atoms with Gasteiger partial charge < -0.3 is 10.4 Å². The van der Waals surface area contributed by atoms with Gasteiger partial charge >= 0.3 is 0 Å². The van der Waals surface area contributed by atoms with Crippen LogP contribution in [0.3, 0.4) is 0 Å². The number of rotatable bonds is 8. The van der Waals surface area contributed by atoms with Gasteiger partial charge in [0.1, 0.15) is 0 Å². The molecule has 4 heteroatoms. The second kappa shape index (κ2) is 7.96. The van der Waals surface area contributed by atoms with Gasteiger partial charge in [-0.3, -0.25) is 4.79 Å². The van der Waals surface area contributed by atoms with Crippen LogP contribution in [0.4, 0.5) is 0 Å². The Bertz CT molecular complexity index is 205. The van der Waals surface area contributed by atoms with Crippen LogP contribution in [-0.4, -0.2) is 35.2 Å². The highest BCUT2D eigenvalue weighted by Crippen LogP contribution is 2.21. The molecule has 0 heterocycles. The summed E-state index contributed by atoms with van der Waals surface area (Å²) < 4.78 is 0. The highest BCUT2D eigenvalue weighted by molar-refractivity contribution is 7.99. The Morgan fingerprint density at radius 1 is 1.50 bits per heavy atom. The fourth-order valence-corrected chi connectivity index (χ4v) is 2.29. The molecule has 16 heavy (non-hydrogen) atoms. The van der Waals surface area contributed by atoms with Gasteiger partial charge in [0, 0.05) is 6.54 Å². The number of aliphatic hydroxyl groups is 1. The van der Waals surface area contributed by atoms with Gasteiger partial charge in [-0.1, -0.05) is 20.8 Å². The van der Waals surface area contributed by atoms with Crippen LogP contribution in [0.1, 0.15) is 40.5 Å². The molecule has 0 saturated heterocycles. The van der Waals surface area contributed by atoms with E-state index in [9.17, 15) is 9.90 Å². The third-order valence-electron chi connectivity index (χ3n) is 2.19. The maximum Gasteiger partial charge on any atom is 0.230 e. The van der Waals surface area contributed by atoms with E-state index in [0.29, 0.717) is 18.7 Å². The number of carbonyl (C=O) groups is 1. The Hall–Kier alpha value is -0.220. The van der Waals surface area contributed by atoms with E-state index in [-0.39, 0.29) is 17.4 Å². The van der Waals surface area contributed by atoms with Crippen molar-refractivity contribution in [2.45, 2.75) is 46.6 Å². The van der Waals surface area contributed by atoms with E-state index < -0.39 is 0 Å². The summed E-state index contributed by atoms with van der Waals surface area (Å²) in [4.78, 5) is 11.5. The van der Waals surface area contributed by atoms with Gasteiger partial charge in [0.15, 0.2) is 0 Å². The molecule has 0 radical (unpaired) electrons. The summed E-state index contributed by atoms with van der Waals surface area (Å²) >= 11 is 1.66. The van der Waals surface area contributed by atoms with Crippen molar-refractivity contribution < 1.29 is 9.90 Å².